The van der Waals surface area contributed by atoms with E-state index in [9.17, 15) is 21.6 Å². The highest BCUT2D eigenvalue weighted by Gasteiger charge is 2.39. The van der Waals surface area contributed by atoms with Gasteiger partial charge in [0.2, 0.25) is 10.0 Å². The number of rotatable bonds is 11. The van der Waals surface area contributed by atoms with Gasteiger partial charge in [0.05, 0.1) is 37.9 Å². The zero-order valence-electron chi connectivity index (χ0n) is 17.8. The topological polar surface area (TPSA) is 97.3 Å². The highest BCUT2D eigenvalue weighted by molar-refractivity contribution is 7.89. The maximum Gasteiger partial charge on any atom is 0.417 e. The third kappa shape index (κ3) is 6.25. The number of nitrogens with zero attached hydrogens (tertiary/aromatic N) is 1. The Labute approximate surface area is 184 Å². The van der Waals surface area contributed by atoms with Gasteiger partial charge in [-0.1, -0.05) is 0 Å². The lowest BCUT2D eigenvalue weighted by atomic mass is 10.2. The van der Waals surface area contributed by atoms with Gasteiger partial charge >= 0.3 is 6.18 Å². The van der Waals surface area contributed by atoms with E-state index in [4.69, 9.17) is 19.3 Å². The van der Waals surface area contributed by atoms with Crippen molar-refractivity contribution in [2.45, 2.75) is 11.1 Å². The SMILES string of the molecule is COCCN(CCO)S(=O)(=O)c1ccc(Nc2cc(OC)cc(OC)c2)cc1C(F)(F)F. The summed E-state index contributed by atoms with van der Waals surface area (Å²) in [6.45, 7) is -1.17. The predicted octanol–water partition coefficient (Wildman–Crippen LogP) is 3.10. The monoisotopic (exact) mass is 478 g/mol. The molecule has 2 aromatic rings. The van der Waals surface area contributed by atoms with Gasteiger partial charge in [0.1, 0.15) is 11.5 Å². The molecule has 0 saturated carbocycles. The average molecular weight is 478 g/mol. The van der Waals surface area contributed by atoms with Crippen LogP contribution in [0.25, 0.3) is 0 Å². The highest BCUT2D eigenvalue weighted by Crippen LogP contribution is 2.38. The zero-order valence-corrected chi connectivity index (χ0v) is 18.6. The smallest absolute Gasteiger partial charge is 0.417 e. The molecular weight excluding hydrogens is 453 g/mol. The average Bonchev–Trinajstić information content (AvgIpc) is 2.75. The fourth-order valence-electron chi connectivity index (χ4n) is 2.90. The Morgan fingerprint density at radius 1 is 0.969 bits per heavy atom. The Kier molecular flexibility index (Phi) is 8.73. The van der Waals surface area contributed by atoms with Crippen LogP contribution in [0.15, 0.2) is 41.3 Å². The number of ether oxygens (including phenoxy) is 3. The summed E-state index contributed by atoms with van der Waals surface area (Å²) in [6, 6.07) is 7.52. The summed E-state index contributed by atoms with van der Waals surface area (Å²) in [5.74, 6) is 0.833. The molecule has 178 valence electrons. The molecule has 0 bridgehead atoms. The summed E-state index contributed by atoms with van der Waals surface area (Å²) in [4.78, 5) is -0.914. The number of hydrogen-bond donors (Lipinski definition) is 2. The molecule has 0 spiro atoms. The molecule has 0 aliphatic rings. The highest BCUT2D eigenvalue weighted by atomic mass is 32.2. The van der Waals surface area contributed by atoms with Gasteiger partial charge in [-0.2, -0.15) is 17.5 Å². The van der Waals surface area contributed by atoms with Gasteiger partial charge in [0, 0.05) is 49.8 Å². The molecule has 0 amide bonds. The third-order valence-electron chi connectivity index (χ3n) is 4.44. The van der Waals surface area contributed by atoms with Crippen LogP contribution in [-0.2, 0) is 20.9 Å². The minimum absolute atomic E-state index is 0.0113. The van der Waals surface area contributed by atoms with Crippen LogP contribution < -0.4 is 14.8 Å². The van der Waals surface area contributed by atoms with E-state index in [-0.39, 0.29) is 25.4 Å². The van der Waals surface area contributed by atoms with Crippen molar-refractivity contribution < 1.29 is 40.9 Å². The molecule has 2 N–H and O–H groups in total. The summed E-state index contributed by atoms with van der Waals surface area (Å²) in [7, 11) is -0.358. The van der Waals surface area contributed by atoms with E-state index in [1.54, 1.807) is 18.2 Å². The molecule has 0 radical (unpaired) electrons. The Morgan fingerprint density at radius 3 is 2.09 bits per heavy atom. The van der Waals surface area contributed by atoms with Crippen molar-refractivity contribution in [3.63, 3.8) is 0 Å². The Bertz CT molecular complexity index is 993. The van der Waals surface area contributed by atoms with Gasteiger partial charge in [-0.25, -0.2) is 8.42 Å². The van der Waals surface area contributed by atoms with Crippen LogP contribution in [0.5, 0.6) is 11.5 Å². The maximum absolute atomic E-state index is 13.8. The van der Waals surface area contributed by atoms with E-state index < -0.39 is 33.3 Å². The number of hydrogen-bond acceptors (Lipinski definition) is 7. The summed E-state index contributed by atoms with van der Waals surface area (Å²) < 4.78 is 83.2. The van der Waals surface area contributed by atoms with E-state index in [1.807, 2.05) is 0 Å². The molecule has 0 heterocycles. The van der Waals surface area contributed by atoms with Crippen molar-refractivity contribution >= 4 is 21.4 Å². The van der Waals surface area contributed by atoms with Gasteiger partial charge in [0.15, 0.2) is 0 Å². The minimum Gasteiger partial charge on any atom is -0.497 e. The Balaban J connectivity index is 2.50. The van der Waals surface area contributed by atoms with Crippen molar-refractivity contribution in [3.05, 3.63) is 42.0 Å². The summed E-state index contributed by atoms with van der Waals surface area (Å²) in [5.41, 5.74) is -0.943. The Hall–Kier alpha value is -2.54. The first-order valence-corrected chi connectivity index (χ1v) is 10.8. The van der Waals surface area contributed by atoms with Crippen molar-refractivity contribution in [2.75, 3.05) is 52.9 Å². The van der Waals surface area contributed by atoms with Crippen LogP contribution in [0.4, 0.5) is 24.5 Å². The van der Waals surface area contributed by atoms with Crippen LogP contribution in [0.2, 0.25) is 0 Å². The first kappa shape index (κ1) is 25.7. The van der Waals surface area contributed by atoms with Gasteiger partial charge in [-0.15, -0.1) is 0 Å². The fraction of sp³-hybridized carbons (Fsp3) is 0.400. The minimum atomic E-state index is -4.95. The maximum atomic E-state index is 13.8. The lowest BCUT2D eigenvalue weighted by Crippen LogP contribution is -2.37. The Morgan fingerprint density at radius 2 is 1.59 bits per heavy atom. The summed E-state index contributed by atoms with van der Waals surface area (Å²) in [5, 5.41) is 12.0. The molecule has 0 aromatic heterocycles. The molecular formula is C20H25F3N2O6S. The summed E-state index contributed by atoms with van der Waals surface area (Å²) >= 11 is 0. The molecule has 0 saturated heterocycles. The lowest BCUT2D eigenvalue weighted by Gasteiger charge is -2.23. The van der Waals surface area contributed by atoms with Gasteiger partial charge < -0.3 is 24.6 Å². The number of alkyl halides is 3. The molecule has 2 aromatic carbocycles. The quantitative estimate of drug-likeness (QED) is 0.512. The first-order valence-electron chi connectivity index (χ1n) is 9.38. The van der Waals surface area contributed by atoms with Crippen molar-refractivity contribution in [2.24, 2.45) is 0 Å². The molecule has 0 aliphatic heterocycles. The number of methoxy groups -OCH3 is 3. The zero-order chi connectivity index (χ0) is 23.9. The van der Waals surface area contributed by atoms with Crippen LogP contribution in [0.3, 0.4) is 0 Å². The van der Waals surface area contributed by atoms with Crippen molar-refractivity contribution in [3.8, 4) is 11.5 Å². The second kappa shape index (κ2) is 10.9. The molecule has 0 unspecified atom stereocenters. The first-order chi connectivity index (χ1) is 15.1. The van der Waals surface area contributed by atoms with Crippen LogP contribution in [0, 0.1) is 0 Å². The number of benzene rings is 2. The molecule has 32 heavy (non-hydrogen) atoms. The van der Waals surface area contributed by atoms with Crippen LogP contribution >= 0.6 is 0 Å². The van der Waals surface area contributed by atoms with E-state index in [0.29, 0.717) is 23.3 Å². The standard InChI is InChI=1S/C20H25F3N2O6S/c1-29-9-7-25(6-8-26)32(27,28)19-5-4-14(12-18(19)20(21,22)23)24-15-10-16(30-2)13-17(11-15)31-3/h4-5,10-13,24,26H,6-9H2,1-3H3. The number of aliphatic hydroxyl groups is 1. The van der Waals surface area contributed by atoms with Crippen molar-refractivity contribution in [1.82, 2.24) is 4.31 Å². The van der Waals surface area contributed by atoms with E-state index in [0.717, 1.165) is 10.4 Å². The lowest BCUT2D eigenvalue weighted by molar-refractivity contribution is -0.139. The van der Waals surface area contributed by atoms with E-state index in [2.05, 4.69) is 5.32 Å². The molecule has 0 aliphatic carbocycles. The van der Waals surface area contributed by atoms with Crippen LogP contribution in [0.1, 0.15) is 5.56 Å². The van der Waals surface area contributed by atoms with Crippen LogP contribution in [-0.4, -0.2) is 65.5 Å². The molecule has 2 rings (SSSR count). The number of anilines is 2. The number of halogens is 3. The van der Waals surface area contributed by atoms with Gasteiger partial charge in [-0.05, 0) is 18.2 Å². The predicted molar refractivity (Wildman–Crippen MR) is 112 cm³/mol. The number of sulfonamides is 1. The largest absolute Gasteiger partial charge is 0.497 e. The molecule has 0 fully saturated rings. The summed E-state index contributed by atoms with van der Waals surface area (Å²) in [6.07, 6.45) is -4.95. The van der Waals surface area contributed by atoms with Gasteiger partial charge in [-0.3, -0.25) is 0 Å². The van der Waals surface area contributed by atoms with E-state index in [1.165, 1.54) is 27.4 Å². The number of aliphatic hydroxyl groups excluding tert-OH is 1. The van der Waals surface area contributed by atoms with Gasteiger partial charge in [0.25, 0.3) is 0 Å². The molecule has 8 nitrogen and oxygen atoms in total. The second-order valence-electron chi connectivity index (χ2n) is 6.56. The normalized spacial score (nSPS) is 12.1. The third-order valence-corrected chi connectivity index (χ3v) is 6.39. The molecule has 12 heteroatoms. The molecule has 0 atom stereocenters. The number of nitrogens with one attached hydrogen (secondary N) is 1. The van der Waals surface area contributed by atoms with E-state index >= 15 is 0 Å². The second-order valence-corrected chi connectivity index (χ2v) is 8.46. The fourth-order valence-corrected chi connectivity index (χ4v) is 4.50. The van der Waals surface area contributed by atoms with Crippen molar-refractivity contribution in [1.29, 1.82) is 0 Å².